The number of rotatable bonds is 2. The molecular formula is C12H12ClN3OS. The van der Waals surface area contributed by atoms with Crippen molar-refractivity contribution < 1.29 is 4.79 Å². The van der Waals surface area contributed by atoms with Gasteiger partial charge in [0.1, 0.15) is 4.88 Å². The van der Waals surface area contributed by atoms with Gasteiger partial charge in [0.05, 0.1) is 5.69 Å². The zero-order valence-electron chi connectivity index (χ0n) is 9.95. The smallest absolute Gasteiger partial charge is 0.267 e. The Labute approximate surface area is 114 Å². The first-order chi connectivity index (χ1) is 8.49. The third-order valence-electron chi connectivity index (χ3n) is 2.54. The Balaban J connectivity index is 2.27. The number of thiazole rings is 1. The molecule has 6 heteroatoms. The second-order valence-electron chi connectivity index (χ2n) is 3.83. The number of nitrogens with one attached hydrogen (secondary N) is 1. The van der Waals surface area contributed by atoms with Gasteiger partial charge in [0, 0.05) is 10.7 Å². The number of aryl methyl sites for hydroxylation is 1. The highest BCUT2D eigenvalue weighted by Crippen LogP contribution is 2.25. The van der Waals surface area contributed by atoms with E-state index in [1.807, 2.05) is 6.92 Å². The van der Waals surface area contributed by atoms with Gasteiger partial charge in [0.15, 0.2) is 5.13 Å². The minimum absolute atomic E-state index is 0.216. The van der Waals surface area contributed by atoms with Gasteiger partial charge < -0.3 is 11.1 Å². The summed E-state index contributed by atoms with van der Waals surface area (Å²) in [5, 5.41) is 3.82. The molecule has 1 heterocycles. The van der Waals surface area contributed by atoms with Gasteiger partial charge in [-0.15, -0.1) is 0 Å². The van der Waals surface area contributed by atoms with Gasteiger partial charge in [-0.05, 0) is 31.5 Å². The molecule has 0 saturated heterocycles. The Kier molecular flexibility index (Phi) is 3.54. The number of nitrogen functional groups attached to an aromatic ring is 1. The number of amides is 1. The third kappa shape index (κ3) is 2.47. The standard InChI is InChI=1S/C12H12ClN3OS/c1-6-8(13)4-3-5-9(6)16-11(17)10-7(2)15-12(14)18-10/h3-5H,1-2H3,(H2,14,15)(H,16,17). The van der Waals surface area contributed by atoms with Crippen LogP contribution in [0.4, 0.5) is 10.8 Å². The van der Waals surface area contributed by atoms with Gasteiger partial charge in [-0.1, -0.05) is 29.0 Å². The summed E-state index contributed by atoms with van der Waals surface area (Å²) in [6.07, 6.45) is 0. The molecule has 2 rings (SSSR count). The van der Waals surface area contributed by atoms with Crippen molar-refractivity contribution in [2.24, 2.45) is 0 Å². The van der Waals surface area contributed by atoms with E-state index < -0.39 is 0 Å². The summed E-state index contributed by atoms with van der Waals surface area (Å²) in [6, 6.07) is 5.38. The topological polar surface area (TPSA) is 68.0 Å². The molecule has 18 heavy (non-hydrogen) atoms. The van der Waals surface area contributed by atoms with E-state index in [-0.39, 0.29) is 5.91 Å². The Hall–Kier alpha value is -1.59. The fourth-order valence-corrected chi connectivity index (χ4v) is 2.45. The molecule has 0 radical (unpaired) electrons. The molecule has 0 unspecified atom stereocenters. The van der Waals surface area contributed by atoms with Crippen molar-refractivity contribution in [2.45, 2.75) is 13.8 Å². The van der Waals surface area contributed by atoms with Crippen molar-refractivity contribution >= 4 is 39.7 Å². The predicted molar refractivity (Wildman–Crippen MR) is 75.4 cm³/mol. The molecule has 0 aliphatic carbocycles. The summed E-state index contributed by atoms with van der Waals surface area (Å²) in [6.45, 7) is 3.61. The quantitative estimate of drug-likeness (QED) is 0.888. The highest BCUT2D eigenvalue weighted by molar-refractivity contribution is 7.17. The highest BCUT2D eigenvalue weighted by atomic mass is 35.5. The Morgan fingerprint density at radius 2 is 2.17 bits per heavy atom. The maximum Gasteiger partial charge on any atom is 0.267 e. The van der Waals surface area contributed by atoms with Crippen LogP contribution in [0.3, 0.4) is 0 Å². The lowest BCUT2D eigenvalue weighted by molar-refractivity contribution is 0.102. The van der Waals surface area contributed by atoms with Crippen molar-refractivity contribution in [1.29, 1.82) is 0 Å². The van der Waals surface area contributed by atoms with Gasteiger partial charge in [-0.2, -0.15) is 0 Å². The number of aromatic nitrogens is 1. The minimum Gasteiger partial charge on any atom is -0.375 e. The van der Waals surface area contributed by atoms with Crippen molar-refractivity contribution in [2.75, 3.05) is 11.1 Å². The van der Waals surface area contributed by atoms with Crippen LogP contribution in [0.5, 0.6) is 0 Å². The molecule has 0 bridgehead atoms. The van der Waals surface area contributed by atoms with E-state index >= 15 is 0 Å². The van der Waals surface area contributed by atoms with Crippen LogP contribution < -0.4 is 11.1 Å². The number of hydrogen-bond acceptors (Lipinski definition) is 4. The number of carbonyl (C=O) groups excluding carboxylic acids is 1. The zero-order chi connectivity index (χ0) is 13.3. The SMILES string of the molecule is Cc1nc(N)sc1C(=O)Nc1cccc(Cl)c1C. The monoisotopic (exact) mass is 281 g/mol. The molecule has 0 saturated carbocycles. The average molecular weight is 282 g/mol. The van der Waals surface area contributed by atoms with Crippen LogP contribution in [0.25, 0.3) is 0 Å². The van der Waals surface area contributed by atoms with E-state index in [4.69, 9.17) is 17.3 Å². The van der Waals surface area contributed by atoms with E-state index in [1.165, 1.54) is 11.3 Å². The number of benzene rings is 1. The molecule has 0 aliphatic rings. The predicted octanol–water partition coefficient (Wildman–Crippen LogP) is 3.25. The highest BCUT2D eigenvalue weighted by Gasteiger charge is 2.15. The molecule has 1 amide bonds. The first kappa shape index (κ1) is 12.9. The molecule has 0 atom stereocenters. The summed E-state index contributed by atoms with van der Waals surface area (Å²) < 4.78 is 0. The van der Waals surface area contributed by atoms with E-state index in [9.17, 15) is 4.79 Å². The van der Waals surface area contributed by atoms with Crippen LogP contribution in [0, 0.1) is 13.8 Å². The average Bonchev–Trinajstić information content (AvgIpc) is 2.64. The number of carbonyl (C=O) groups is 1. The first-order valence-electron chi connectivity index (χ1n) is 5.28. The van der Waals surface area contributed by atoms with E-state index in [0.29, 0.717) is 26.4 Å². The molecule has 3 N–H and O–H groups in total. The Bertz CT molecular complexity index is 609. The van der Waals surface area contributed by atoms with Crippen LogP contribution in [-0.4, -0.2) is 10.9 Å². The maximum absolute atomic E-state index is 12.1. The van der Waals surface area contributed by atoms with Gasteiger partial charge in [-0.25, -0.2) is 4.98 Å². The van der Waals surface area contributed by atoms with Gasteiger partial charge in [-0.3, -0.25) is 4.79 Å². The summed E-state index contributed by atoms with van der Waals surface area (Å²) in [7, 11) is 0. The lowest BCUT2D eigenvalue weighted by atomic mass is 10.2. The van der Waals surface area contributed by atoms with Crippen molar-refractivity contribution in [3.8, 4) is 0 Å². The summed E-state index contributed by atoms with van der Waals surface area (Å²) >= 11 is 7.17. The zero-order valence-corrected chi connectivity index (χ0v) is 11.5. The molecule has 94 valence electrons. The first-order valence-corrected chi connectivity index (χ1v) is 6.48. The second kappa shape index (κ2) is 4.96. The number of halogens is 1. The van der Waals surface area contributed by atoms with Crippen molar-refractivity contribution in [3.05, 3.63) is 39.4 Å². The second-order valence-corrected chi connectivity index (χ2v) is 5.27. The summed E-state index contributed by atoms with van der Waals surface area (Å²) in [5.74, 6) is -0.216. The molecule has 1 aromatic heterocycles. The number of hydrogen-bond donors (Lipinski definition) is 2. The largest absolute Gasteiger partial charge is 0.375 e. The maximum atomic E-state index is 12.1. The molecule has 0 spiro atoms. The summed E-state index contributed by atoms with van der Waals surface area (Å²) in [5.41, 5.74) is 7.73. The molecule has 2 aromatic rings. The van der Waals surface area contributed by atoms with Gasteiger partial charge >= 0.3 is 0 Å². The van der Waals surface area contributed by atoms with Gasteiger partial charge in [0.25, 0.3) is 5.91 Å². The molecule has 4 nitrogen and oxygen atoms in total. The molecule has 0 aliphatic heterocycles. The lowest BCUT2D eigenvalue weighted by Gasteiger charge is -2.08. The number of nitrogens with two attached hydrogens (primary N) is 1. The van der Waals surface area contributed by atoms with Crippen LogP contribution in [-0.2, 0) is 0 Å². The normalized spacial score (nSPS) is 10.4. The van der Waals surface area contributed by atoms with Crippen LogP contribution in [0.15, 0.2) is 18.2 Å². The number of anilines is 2. The lowest BCUT2D eigenvalue weighted by Crippen LogP contribution is -2.12. The summed E-state index contributed by atoms with van der Waals surface area (Å²) in [4.78, 5) is 16.6. The van der Waals surface area contributed by atoms with E-state index in [1.54, 1.807) is 25.1 Å². The minimum atomic E-state index is -0.216. The van der Waals surface area contributed by atoms with Crippen LogP contribution >= 0.6 is 22.9 Å². The molecule has 0 fully saturated rings. The van der Waals surface area contributed by atoms with Crippen LogP contribution in [0.2, 0.25) is 5.02 Å². The van der Waals surface area contributed by atoms with E-state index in [0.717, 1.165) is 5.56 Å². The number of nitrogens with zero attached hydrogens (tertiary/aromatic N) is 1. The van der Waals surface area contributed by atoms with Gasteiger partial charge in [0.2, 0.25) is 0 Å². The van der Waals surface area contributed by atoms with E-state index in [2.05, 4.69) is 10.3 Å². The fraction of sp³-hybridized carbons (Fsp3) is 0.167. The Morgan fingerprint density at radius 3 is 2.78 bits per heavy atom. The molecular weight excluding hydrogens is 270 g/mol. The van der Waals surface area contributed by atoms with Crippen molar-refractivity contribution in [3.63, 3.8) is 0 Å². The fourth-order valence-electron chi connectivity index (χ4n) is 1.55. The Morgan fingerprint density at radius 1 is 1.44 bits per heavy atom. The van der Waals surface area contributed by atoms with Crippen LogP contribution in [0.1, 0.15) is 20.9 Å². The molecule has 1 aromatic carbocycles. The third-order valence-corrected chi connectivity index (χ3v) is 3.93. The van der Waals surface area contributed by atoms with Crippen molar-refractivity contribution in [1.82, 2.24) is 4.98 Å².